The summed E-state index contributed by atoms with van der Waals surface area (Å²) in [4.78, 5) is 41.7. The summed E-state index contributed by atoms with van der Waals surface area (Å²) in [6.45, 7) is 7.55. The van der Waals surface area contributed by atoms with Crippen molar-refractivity contribution in [2.75, 3.05) is 34.8 Å². The lowest BCUT2D eigenvalue weighted by Crippen LogP contribution is -2.29. The number of rotatable bonds is 12. The molecule has 0 aromatic heterocycles. The molecule has 210 valence electrons. The number of amides is 2. The molecule has 3 aromatic rings. The molecule has 1 aliphatic rings. The van der Waals surface area contributed by atoms with Crippen molar-refractivity contribution in [3.8, 4) is 0 Å². The first-order valence-electron chi connectivity index (χ1n) is 14.2. The van der Waals surface area contributed by atoms with Gasteiger partial charge in [0.15, 0.2) is 0 Å². The smallest absolute Gasteiger partial charge is 0.305 e. The van der Waals surface area contributed by atoms with Crippen LogP contribution >= 0.6 is 0 Å². The predicted molar refractivity (Wildman–Crippen MR) is 160 cm³/mol. The minimum absolute atomic E-state index is 0.0231. The maximum absolute atomic E-state index is 13.1. The van der Waals surface area contributed by atoms with Crippen LogP contribution in [-0.4, -0.2) is 37.5 Å². The quantitative estimate of drug-likeness (QED) is 0.205. The Balaban J connectivity index is 1.39. The van der Waals surface area contributed by atoms with Gasteiger partial charge in [-0.25, -0.2) is 0 Å². The Morgan fingerprint density at radius 3 is 2.33 bits per heavy atom. The Bertz CT molecular complexity index is 1290. The topological polar surface area (TPSA) is 79.0 Å². The molecule has 2 amide bonds. The Kier molecular flexibility index (Phi) is 9.95. The zero-order chi connectivity index (χ0) is 28.5. The molecule has 3 aromatic carbocycles. The van der Waals surface area contributed by atoms with Gasteiger partial charge in [-0.3, -0.25) is 14.4 Å². The van der Waals surface area contributed by atoms with Crippen molar-refractivity contribution in [3.63, 3.8) is 0 Å². The summed E-state index contributed by atoms with van der Waals surface area (Å²) in [5, 5.41) is 3.01. The summed E-state index contributed by atoms with van der Waals surface area (Å²) in [5.74, 6) is -0.462. The molecule has 7 nitrogen and oxygen atoms in total. The van der Waals surface area contributed by atoms with Crippen LogP contribution in [0.15, 0.2) is 78.9 Å². The normalized spacial score (nSPS) is 14.8. The fourth-order valence-corrected chi connectivity index (χ4v) is 5.09. The number of benzene rings is 3. The molecule has 1 saturated heterocycles. The lowest BCUT2D eigenvalue weighted by Gasteiger charge is -2.25. The van der Waals surface area contributed by atoms with Crippen molar-refractivity contribution < 1.29 is 19.1 Å². The number of nitrogens with zero attached hydrogens (tertiary/aromatic N) is 2. The maximum atomic E-state index is 13.1. The summed E-state index contributed by atoms with van der Waals surface area (Å²) in [6, 6.07) is 25.8. The second-order valence-electron chi connectivity index (χ2n) is 10.4. The highest BCUT2D eigenvalue weighted by molar-refractivity contribution is 6.04. The Labute approximate surface area is 237 Å². The zero-order valence-electron chi connectivity index (χ0n) is 23.6. The van der Waals surface area contributed by atoms with Gasteiger partial charge in [0.1, 0.15) is 0 Å². The number of nitrogens with one attached hydrogen (secondary N) is 1. The van der Waals surface area contributed by atoms with E-state index in [2.05, 4.69) is 36.2 Å². The third kappa shape index (κ3) is 7.29. The van der Waals surface area contributed by atoms with E-state index in [1.165, 1.54) is 0 Å². The second kappa shape index (κ2) is 13.8. The van der Waals surface area contributed by atoms with Crippen LogP contribution < -0.4 is 15.1 Å². The molecule has 0 aliphatic carbocycles. The number of anilines is 4. The zero-order valence-corrected chi connectivity index (χ0v) is 23.6. The van der Waals surface area contributed by atoms with Gasteiger partial charge >= 0.3 is 5.97 Å². The molecular formula is C33H39N3O4. The third-order valence-electron chi connectivity index (χ3n) is 7.18. The van der Waals surface area contributed by atoms with Crippen molar-refractivity contribution >= 4 is 40.5 Å². The summed E-state index contributed by atoms with van der Waals surface area (Å²) in [5.41, 5.74) is 4.74. The van der Waals surface area contributed by atoms with Crippen LogP contribution in [0.2, 0.25) is 0 Å². The van der Waals surface area contributed by atoms with E-state index >= 15 is 0 Å². The number of esters is 1. The fraction of sp³-hybridized carbons (Fsp3) is 0.364. The van der Waals surface area contributed by atoms with Crippen LogP contribution in [0, 0.1) is 5.92 Å². The van der Waals surface area contributed by atoms with Crippen molar-refractivity contribution in [2.24, 2.45) is 5.92 Å². The van der Waals surface area contributed by atoms with Gasteiger partial charge in [-0.2, -0.15) is 0 Å². The molecule has 1 unspecified atom stereocenters. The molecule has 0 radical (unpaired) electrons. The molecule has 0 spiro atoms. The third-order valence-corrected chi connectivity index (χ3v) is 7.18. The first kappa shape index (κ1) is 28.9. The number of hydrogen-bond donors (Lipinski definition) is 1. The Morgan fingerprint density at radius 1 is 0.950 bits per heavy atom. The summed E-state index contributed by atoms with van der Waals surface area (Å²) >= 11 is 0. The molecule has 0 saturated carbocycles. The molecule has 4 rings (SSSR count). The van der Waals surface area contributed by atoms with Gasteiger partial charge in [0.2, 0.25) is 11.8 Å². The van der Waals surface area contributed by atoms with Crippen molar-refractivity contribution in [3.05, 3.63) is 84.4 Å². The Morgan fingerprint density at radius 2 is 1.62 bits per heavy atom. The lowest BCUT2D eigenvalue weighted by molar-refractivity contribution is -0.143. The molecule has 40 heavy (non-hydrogen) atoms. The average molecular weight is 542 g/mol. The van der Waals surface area contributed by atoms with Crippen LogP contribution in [0.25, 0.3) is 0 Å². The highest BCUT2D eigenvalue weighted by Crippen LogP contribution is 2.33. The van der Waals surface area contributed by atoms with Crippen molar-refractivity contribution in [2.45, 2.75) is 52.4 Å². The predicted octanol–water partition coefficient (Wildman–Crippen LogP) is 6.67. The van der Waals surface area contributed by atoms with Gasteiger partial charge in [-0.1, -0.05) is 50.2 Å². The van der Waals surface area contributed by atoms with Crippen LogP contribution in [-0.2, 0) is 19.1 Å². The molecule has 1 heterocycles. The standard InChI is InChI=1S/C33H39N3O4/c1-4-40-32(38)16-10-11-21-35(27-12-6-5-7-13-27)28-19-17-26(18-20-28)34-33(39)25-22-31(37)36(23-25)30-15-9-8-14-29(30)24(2)3/h5-9,12-15,17-20,24-25H,4,10-11,16,21-23H2,1-3H3,(H,34,39). The van der Waals surface area contributed by atoms with Crippen molar-refractivity contribution in [1.82, 2.24) is 0 Å². The summed E-state index contributed by atoms with van der Waals surface area (Å²) < 4.78 is 5.04. The van der Waals surface area contributed by atoms with Gasteiger partial charge in [0, 0.05) is 48.7 Å². The molecule has 1 N–H and O–H groups in total. The lowest BCUT2D eigenvalue weighted by atomic mass is 10.0. The average Bonchev–Trinajstić information content (AvgIpc) is 3.36. The number of hydrogen-bond acceptors (Lipinski definition) is 5. The molecule has 0 bridgehead atoms. The van der Waals surface area contributed by atoms with E-state index in [0.29, 0.717) is 25.3 Å². The first-order chi connectivity index (χ1) is 19.4. The largest absolute Gasteiger partial charge is 0.466 e. The highest BCUT2D eigenvalue weighted by Gasteiger charge is 2.36. The van der Waals surface area contributed by atoms with E-state index < -0.39 is 5.92 Å². The van der Waals surface area contributed by atoms with Gasteiger partial charge in [-0.05, 0) is 73.7 Å². The highest BCUT2D eigenvalue weighted by atomic mass is 16.5. The molecule has 7 heteroatoms. The number of para-hydroxylation sites is 2. The van der Waals surface area contributed by atoms with Gasteiger partial charge in [-0.15, -0.1) is 0 Å². The molecule has 1 fully saturated rings. The number of unbranched alkanes of at least 4 members (excludes halogenated alkanes) is 1. The van der Waals surface area contributed by atoms with Gasteiger partial charge in [0.25, 0.3) is 0 Å². The number of carbonyl (C=O) groups excluding carboxylic acids is 3. The van der Waals surface area contributed by atoms with Gasteiger partial charge in [0.05, 0.1) is 12.5 Å². The SMILES string of the molecule is CCOC(=O)CCCCN(c1ccccc1)c1ccc(NC(=O)C2CC(=O)N(c3ccccc3C(C)C)C2)cc1. The molecular weight excluding hydrogens is 502 g/mol. The van der Waals surface area contributed by atoms with E-state index in [1.807, 2.05) is 73.7 Å². The van der Waals surface area contributed by atoms with E-state index in [-0.39, 0.29) is 30.1 Å². The summed E-state index contributed by atoms with van der Waals surface area (Å²) in [7, 11) is 0. The summed E-state index contributed by atoms with van der Waals surface area (Å²) in [6.07, 6.45) is 2.18. The minimum atomic E-state index is -0.410. The van der Waals surface area contributed by atoms with Crippen molar-refractivity contribution in [1.29, 1.82) is 0 Å². The van der Waals surface area contributed by atoms with Gasteiger partial charge < -0.3 is 19.9 Å². The van der Waals surface area contributed by atoms with E-state index in [4.69, 9.17) is 4.74 Å². The second-order valence-corrected chi connectivity index (χ2v) is 10.4. The van der Waals surface area contributed by atoms with Crippen LogP contribution in [0.5, 0.6) is 0 Å². The number of carbonyl (C=O) groups is 3. The molecule has 1 aliphatic heterocycles. The van der Waals surface area contributed by atoms with E-state index in [1.54, 1.807) is 4.90 Å². The van der Waals surface area contributed by atoms with Crippen LogP contribution in [0.3, 0.4) is 0 Å². The monoisotopic (exact) mass is 541 g/mol. The Hall–Kier alpha value is -4.13. The first-order valence-corrected chi connectivity index (χ1v) is 14.2. The molecule has 1 atom stereocenters. The minimum Gasteiger partial charge on any atom is -0.466 e. The van der Waals surface area contributed by atoms with E-state index in [9.17, 15) is 14.4 Å². The van der Waals surface area contributed by atoms with E-state index in [0.717, 1.165) is 42.0 Å². The van der Waals surface area contributed by atoms with Crippen LogP contribution in [0.4, 0.5) is 22.7 Å². The number of ether oxygens (including phenoxy) is 1. The van der Waals surface area contributed by atoms with Crippen LogP contribution in [0.1, 0.15) is 57.9 Å². The maximum Gasteiger partial charge on any atom is 0.305 e. The fourth-order valence-electron chi connectivity index (χ4n) is 5.09.